The maximum atomic E-state index is 5.09. The molecule has 0 bridgehead atoms. The van der Waals surface area contributed by atoms with E-state index in [-0.39, 0.29) is 0 Å². The summed E-state index contributed by atoms with van der Waals surface area (Å²) in [6.07, 6.45) is 0. The first-order valence-electron chi connectivity index (χ1n) is 18.1. The number of para-hydroxylation sites is 2. The Bertz CT molecular complexity index is 3180. The third kappa shape index (κ3) is 5.01. The summed E-state index contributed by atoms with van der Waals surface area (Å²) in [5.41, 5.74) is 12.7. The van der Waals surface area contributed by atoms with Gasteiger partial charge in [-0.1, -0.05) is 152 Å². The monoisotopic (exact) mass is 706 g/mol. The molecule has 4 nitrogen and oxygen atoms in total. The molecule has 11 aromatic rings. The molecular formula is C49H30N4S. The lowest BCUT2D eigenvalue weighted by molar-refractivity contribution is 1.18. The van der Waals surface area contributed by atoms with E-state index in [2.05, 4.69) is 162 Å². The molecule has 0 spiro atoms. The Hall–Kier alpha value is -6.95. The predicted octanol–water partition coefficient (Wildman–Crippen LogP) is 13.1. The number of benzene rings is 7. The van der Waals surface area contributed by atoms with Gasteiger partial charge in [0.25, 0.3) is 0 Å². The van der Waals surface area contributed by atoms with E-state index in [4.69, 9.17) is 15.0 Å². The van der Waals surface area contributed by atoms with E-state index < -0.39 is 0 Å². The Morgan fingerprint density at radius 3 is 1.63 bits per heavy atom. The second-order valence-electron chi connectivity index (χ2n) is 13.6. The zero-order chi connectivity index (χ0) is 35.6. The highest BCUT2D eigenvalue weighted by molar-refractivity contribution is 7.25. The second-order valence-corrected chi connectivity index (χ2v) is 14.7. The minimum absolute atomic E-state index is 0.709. The molecule has 7 aromatic carbocycles. The van der Waals surface area contributed by atoms with Crippen LogP contribution in [-0.4, -0.2) is 19.4 Å². The minimum atomic E-state index is 0.709. The lowest BCUT2D eigenvalue weighted by Gasteiger charge is -2.11. The molecule has 0 saturated heterocycles. The van der Waals surface area contributed by atoms with Crippen LogP contribution < -0.4 is 0 Å². The van der Waals surface area contributed by atoms with Gasteiger partial charge in [-0.25, -0.2) is 15.0 Å². The van der Waals surface area contributed by atoms with Crippen LogP contribution in [0.2, 0.25) is 0 Å². The summed E-state index contributed by atoms with van der Waals surface area (Å²) in [5, 5.41) is 4.94. The van der Waals surface area contributed by atoms with Crippen LogP contribution in [0.5, 0.6) is 0 Å². The van der Waals surface area contributed by atoms with E-state index in [1.807, 2.05) is 35.6 Å². The number of imidazole rings is 1. The molecule has 54 heavy (non-hydrogen) atoms. The van der Waals surface area contributed by atoms with Crippen LogP contribution in [-0.2, 0) is 0 Å². The molecule has 0 unspecified atom stereocenters. The topological polar surface area (TPSA) is 43.1 Å². The summed E-state index contributed by atoms with van der Waals surface area (Å²) in [7, 11) is 0. The van der Waals surface area contributed by atoms with Crippen LogP contribution in [0.1, 0.15) is 0 Å². The van der Waals surface area contributed by atoms with Crippen LogP contribution in [0, 0.1) is 0 Å². The van der Waals surface area contributed by atoms with Crippen molar-refractivity contribution < 1.29 is 0 Å². The van der Waals surface area contributed by atoms with Gasteiger partial charge in [0.1, 0.15) is 10.5 Å². The molecule has 0 N–H and O–H groups in total. The predicted molar refractivity (Wildman–Crippen MR) is 226 cm³/mol. The summed E-state index contributed by atoms with van der Waals surface area (Å²) in [5.74, 6) is 0.709. The van der Waals surface area contributed by atoms with Crippen molar-refractivity contribution in [3.8, 4) is 56.2 Å². The Morgan fingerprint density at radius 2 is 0.926 bits per heavy atom. The number of rotatable bonds is 5. The van der Waals surface area contributed by atoms with Crippen LogP contribution in [0.15, 0.2) is 182 Å². The van der Waals surface area contributed by atoms with E-state index >= 15 is 0 Å². The maximum Gasteiger partial charge on any atom is 0.160 e. The van der Waals surface area contributed by atoms with Gasteiger partial charge in [0.05, 0.1) is 22.4 Å². The average molecular weight is 707 g/mol. The first-order chi connectivity index (χ1) is 26.7. The van der Waals surface area contributed by atoms with Gasteiger partial charge < -0.3 is 0 Å². The molecule has 0 aliphatic heterocycles. The highest BCUT2D eigenvalue weighted by Crippen LogP contribution is 2.43. The Kier molecular flexibility index (Phi) is 7.00. The molecule has 252 valence electrons. The zero-order valence-electron chi connectivity index (χ0n) is 29.0. The number of fused-ring (bicyclic) bond motifs is 10. The molecule has 0 amide bonds. The maximum absolute atomic E-state index is 5.09. The summed E-state index contributed by atoms with van der Waals surface area (Å²) in [6.45, 7) is 0. The molecule has 0 saturated carbocycles. The fourth-order valence-electron chi connectivity index (χ4n) is 7.75. The number of thiophene rings is 1. The molecule has 4 aromatic heterocycles. The number of hydrogen-bond acceptors (Lipinski definition) is 4. The third-order valence-corrected chi connectivity index (χ3v) is 11.6. The molecule has 0 fully saturated rings. The summed E-state index contributed by atoms with van der Waals surface area (Å²) in [6, 6.07) is 64.2. The Balaban J connectivity index is 1.01. The molecule has 0 aliphatic rings. The van der Waals surface area contributed by atoms with Crippen molar-refractivity contribution >= 4 is 59.1 Å². The van der Waals surface area contributed by atoms with Crippen molar-refractivity contribution in [3.63, 3.8) is 0 Å². The Labute approximate surface area is 315 Å². The quantitative estimate of drug-likeness (QED) is 0.179. The van der Waals surface area contributed by atoms with Crippen LogP contribution in [0.25, 0.3) is 104 Å². The Morgan fingerprint density at radius 1 is 0.389 bits per heavy atom. The van der Waals surface area contributed by atoms with Crippen molar-refractivity contribution in [2.75, 3.05) is 0 Å². The first-order valence-corrected chi connectivity index (χ1v) is 18.9. The third-order valence-electron chi connectivity index (χ3n) is 10.4. The smallest absolute Gasteiger partial charge is 0.160 e. The van der Waals surface area contributed by atoms with Gasteiger partial charge in [-0.3, -0.25) is 4.40 Å². The van der Waals surface area contributed by atoms with Crippen molar-refractivity contribution in [1.82, 2.24) is 19.4 Å². The fraction of sp³-hybridized carbons (Fsp3) is 0. The van der Waals surface area contributed by atoms with Gasteiger partial charge in [0, 0.05) is 37.5 Å². The summed E-state index contributed by atoms with van der Waals surface area (Å²) < 4.78 is 3.61. The van der Waals surface area contributed by atoms with E-state index in [0.29, 0.717) is 5.82 Å². The largest absolute Gasteiger partial charge is 0.283 e. The molecular weight excluding hydrogens is 677 g/mol. The normalized spacial score (nSPS) is 11.7. The number of nitrogens with zero attached hydrogens (tertiary/aromatic N) is 4. The van der Waals surface area contributed by atoms with Crippen LogP contribution in [0.3, 0.4) is 0 Å². The molecule has 0 atom stereocenters. The van der Waals surface area contributed by atoms with Gasteiger partial charge in [0.15, 0.2) is 5.82 Å². The zero-order valence-corrected chi connectivity index (χ0v) is 29.8. The van der Waals surface area contributed by atoms with E-state index in [1.165, 1.54) is 47.8 Å². The van der Waals surface area contributed by atoms with Gasteiger partial charge >= 0.3 is 0 Å². The van der Waals surface area contributed by atoms with Gasteiger partial charge in [0.2, 0.25) is 0 Å². The van der Waals surface area contributed by atoms with Crippen molar-refractivity contribution in [1.29, 1.82) is 0 Å². The van der Waals surface area contributed by atoms with Crippen molar-refractivity contribution in [2.24, 2.45) is 0 Å². The first kappa shape index (κ1) is 30.7. The number of aromatic nitrogens is 4. The van der Waals surface area contributed by atoms with Crippen molar-refractivity contribution in [2.45, 2.75) is 0 Å². The average Bonchev–Trinajstić information content (AvgIpc) is 3.83. The molecule has 0 radical (unpaired) electrons. The SMILES string of the molecule is c1ccc(-c2ccc(-c3cc(-c4ccc(-c5ccc6sc7c(c6c5)c5ccccc5c5nc6ccccc6n57)cc4)nc(-c4ccccc4)n3)cc2)cc1. The fourth-order valence-corrected chi connectivity index (χ4v) is 8.96. The summed E-state index contributed by atoms with van der Waals surface area (Å²) >= 11 is 1.84. The number of hydrogen-bond donors (Lipinski definition) is 0. The van der Waals surface area contributed by atoms with Gasteiger partial charge in [-0.15, -0.1) is 11.3 Å². The minimum Gasteiger partial charge on any atom is -0.283 e. The molecule has 4 heterocycles. The standard InChI is InChI=1S/C49H30N4S/c1-3-11-31(12-4-1)32-19-23-34(24-20-32)42-30-43(51-47(50-42)36-13-5-2-6-14-36)35-25-21-33(22-26-35)37-27-28-45-40(29-37)46-38-15-7-8-16-39(38)48-52-41-17-9-10-18-44(41)53(48)49(46)54-45/h1-30H. The van der Waals surface area contributed by atoms with E-state index in [1.54, 1.807) is 0 Å². The molecule has 11 rings (SSSR count). The van der Waals surface area contributed by atoms with Gasteiger partial charge in [-0.2, -0.15) is 0 Å². The summed E-state index contributed by atoms with van der Waals surface area (Å²) in [4.78, 5) is 16.5. The van der Waals surface area contributed by atoms with Gasteiger partial charge in [-0.05, 0) is 58.0 Å². The van der Waals surface area contributed by atoms with Crippen LogP contribution in [0.4, 0.5) is 0 Å². The van der Waals surface area contributed by atoms with Crippen molar-refractivity contribution in [3.05, 3.63) is 182 Å². The molecule has 0 aliphatic carbocycles. The van der Waals surface area contributed by atoms with Crippen LogP contribution >= 0.6 is 11.3 Å². The second kappa shape index (κ2) is 12.3. The lowest BCUT2D eigenvalue weighted by Crippen LogP contribution is -1.96. The number of pyridine rings is 1. The highest BCUT2D eigenvalue weighted by atomic mass is 32.1. The highest BCUT2D eigenvalue weighted by Gasteiger charge is 2.18. The molecule has 5 heteroatoms. The van der Waals surface area contributed by atoms with E-state index in [0.717, 1.165) is 50.3 Å². The lowest BCUT2D eigenvalue weighted by atomic mass is 9.99. The van der Waals surface area contributed by atoms with E-state index in [9.17, 15) is 0 Å².